The molecule has 0 aliphatic carbocycles. The Morgan fingerprint density at radius 1 is 1.20 bits per heavy atom. The molecule has 0 spiro atoms. The van der Waals surface area contributed by atoms with Crippen LogP contribution in [0.5, 0.6) is 11.5 Å². The Hall–Kier alpha value is -0.740. The Labute approximate surface area is 130 Å². The molecule has 3 nitrogen and oxygen atoms in total. The second kappa shape index (κ2) is 6.35. The molecule has 1 aromatic rings. The first-order valence-electron chi connectivity index (χ1n) is 6.84. The highest BCUT2D eigenvalue weighted by atomic mass is 79.9. The quantitative estimate of drug-likeness (QED) is 0.828. The fraction of sp³-hybridized carbons (Fsp3) is 0.625. The maximum Gasteiger partial charge on any atom is 0.172 e. The molecule has 0 aliphatic heterocycles. The van der Waals surface area contributed by atoms with E-state index in [0.29, 0.717) is 10.2 Å². The number of benzene rings is 1. The third-order valence-electron chi connectivity index (χ3n) is 3.05. The molecule has 1 rings (SSSR count). The van der Waals surface area contributed by atoms with Crippen molar-refractivity contribution < 1.29 is 9.84 Å². The van der Waals surface area contributed by atoms with Gasteiger partial charge in [0.1, 0.15) is 0 Å². The molecule has 0 amide bonds. The van der Waals surface area contributed by atoms with Crippen LogP contribution in [-0.4, -0.2) is 17.8 Å². The molecule has 0 saturated heterocycles. The number of hydrogen-bond acceptors (Lipinski definition) is 3. The van der Waals surface area contributed by atoms with E-state index >= 15 is 0 Å². The molecule has 1 aromatic carbocycles. The van der Waals surface area contributed by atoms with Crippen LogP contribution in [0, 0.1) is 5.41 Å². The fourth-order valence-corrected chi connectivity index (χ4v) is 3.10. The second-order valence-corrected chi connectivity index (χ2v) is 7.96. The van der Waals surface area contributed by atoms with E-state index < -0.39 is 0 Å². The van der Waals surface area contributed by atoms with Gasteiger partial charge in [0.2, 0.25) is 0 Å². The first-order valence-corrected chi connectivity index (χ1v) is 7.64. The molecule has 0 aliphatic rings. The molecule has 0 radical (unpaired) electrons. The van der Waals surface area contributed by atoms with Crippen molar-refractivity contribution in [3.63, 3.8) is 0 Å². The Bertz CT molecular complexity index is 464. The summed E-state index contributed by atoms with van der Waals surface area (Å²) in [5.74, 6) is 0.634. The molecule has 114 valence electrons. The highest BCUT2D eigenvalue weighted by Gasteiger charge is 2.24. The predicted molar refractivity (Wildman–Crippen MR) is 87.3 cm³/mol. The minimum absolute atomic E-state index is 0.0514. The molecular formula is C16H26BrNO2. The molecule has 2 N–H and O–H groups in total. The van der Waals surface area contributed by atoms with Crippen molar-refractivity contribution >= 4 is 15.9 Å². The van der Waals surface area contributed by atoms with Gasteiger partial charge in [0.15, 0.2) is 11.5 Å². The minimum Gasteiger partial charge on any atom is -0.503 e. The predicted octanol–water partition coefficient (Wildman–Crippen LogP) is 4.47. The summed E-state index contributed by atoms with van der Waals surface area (Å²) < 4.78 is 5.83. The van der Waals surface area contributed by atoms with Crippen LogP contribution in [0.1, 0.15) is 46.6 Å². The summed E-state index contributed by atoms with van der Waals surface area (Å²) in [4.78, 5) is 0. The van der Waals surface area contributed by atoms with E-state index in [4.69, 9.17) is 4.74 Å². The van der Waals surface area contributed by atoms with E-state index in [-0.39, 0.29) is 16.7 Å². The van der Waals surface area contributed by atoms with Crippen LogP contribution in [0.15, 0.2) is 16.6 Å². The average molecular weight is 344 g/mol. The van der Waals surface area contributed by atoms with Crippen molar-refractivity contribution in [1.82, 2.24) is 5.32 Å². The summed E-state index contributed by atoms with van der Waals surface area (Å²) in [6.45, 7) is 11.9. The van der Waals surface area contributed by atoms with E-state index in [0.717, 1.165) is 18.5 Å². The Kier molecular flexibility index (Phi) is 5.50. The number of halogens is 1. The van der Waals surface area contributed by atoms with Crippen LogP contribution in [0.25, 0.3) is 0 Å². The van der Waals surface area contributed by atoms with E-state index in [1.165, 1.54) is 0 Å². The second-order valence-electron chi connectivity index (χ2n) is 7.10. The lowest BCUT2D eigenvalue weighted by molar-refractivity contribution is 0.240. The van der Waals surface area contributed by atoms with Gasteiger partial charge in [-0.15, -0.1) is 0 Å². The highest BCUT2D eigenvalue weighted by molar-refractivity contribution is 9.10. The van der Waals surface area contributed by atoms with Crippen LogP contribution >= 0.6 is 15.9 Å². The van der Waals surface area contributed by atoms with E-state index in [1.807, 2.05) is 12.1 Å². The maximum atomic E-state index is 9.81. The number of nitrogens with one attached hydrogen (secondary N) is 1. The van der Waals surface area contributed by atoms with E-state index in [1.54, 1.807) is 7.11 Å². The van der Waals surface area contributed by atoms with Crippen LogP contribution in [0.2, 0.25) is 0 Å². The lowest BCUT2D eigenvalue weighted by atomic mass is 9.82. The van der Waals surface area contributed by atoms with Gasteiger partial charge in [-0.3, -0.25) is 0 Å². The van der Waals surface area contributed by atoms with Gasteiger partial charge >= 0.3 is 0 Å². The van der Waals surface area contributed by atoms with Crippen molar-refractivity contribution in [3.05, 3.63) is 22.2 Å². The smallest absolute Gasteiger partial charge is 0.172 e. The first-order chi connectivity index (χ1) is 9.04. The number of rotatable bonds is 5. The lowest BCUT2D eigenvalue weighted by Gasteiger charge is -2.33. The Balaban J connectivity index is 2.77. The molecular weight excluding hydrogens is 318 g/mol. The number of hydrogen-bond donors (Lipinski definition) is 2. The summed E-state index contributed by atoms with van der Waals surface area (Å²) in [6, 6.07) is 3.78. The van der Waals surface area contributed by atoms with Gasteiger partial charge in [-0.05, 0) is 59.3 Å². The molecule has 0 unspecified atom stereocenters. The van der Waals surface area contributed by atoms with Crippen LogP contribution < -0.4 is 10.1 Å². The highest BCUT2D eigenvalue weighted by Crippen LogP contribution is 2.35. The molecule has 0 fully saturated rings. The number of phenolic OH excluding ortho intramolecular Hbond substituents is 1. The van der Waals surface area contributed by atoms with Gasteiger partial charge in [-0.25, -0.2) is 0 Å². The number of phenols is 1. The van der Waals surface area contributed by atoms with Gasteiger partial charge in [0, 0.05) is 12.1 Å². The molecule has 0 bridgehead atoms. The third kappa shape index (κ3) is 5.33. The molecule has 0 saturated carbocycles. The fourth-order valence-electron chi connectivity index (χ4n) is 2.61. The van der Waals surface area contributed by atoms with Crippen LogP contribution in [-0.2, 0) is 6.54 Å². The van der Waals surface area contributed by atoms with Crippen molar-refractivity contribution in [3.8, 4) is 11.5 Å². The maximum absolute atomic E-state index is 9.81. The molecule has 0 aromatic heterocycles. The van der Waals surface area contributed by atoms with Crippen molar-refractivity contribution in [1.29, 1.82) is 0 Å². The van der Waals surface area contributed by atoms with E-state index in [9.17, 15) is 5.11 Å². The van der Waals surface area contributed by atoms with Crippen molar-refractivity contribution in [2.75, 3.05) is 7.11 Å². The summed E-state index contributed by atoms with van der Waals surface area (Å²) in [7, 11) is 1.56. The van der Waals surface area contributed by atoms with Gasteiger partial charge in [0.25, 0.3) is 0 Å². The zero-order chi connectivity index (χ0) is 15.6. The summed E-state index contributed by atoms with van der Waals surface area (Å²) in [5, 5.41) is 13.4. The SMILES string of the molecule is COc1cc(CNC(C)(C)CC(C)(C)C)cc(Br)c1O. The lowest BCUT2D eigenvalue weighted by Crippen LogP contribution is -2.41. The van der Waals surface area contributed by atoms with Gasteiger partial charge in [-0.2, -0.15) is 0 Å². The molecule has 4 heteroatoms. The average Bonchev–Trinajstić information content (AvgIpc) is 2.27. The molecule has 0 atom stereocenters. The van der Waals surface area contributed by atoms with Crippen LogP contribution in [0.3, 0.4) is 0 Å². The van der Waals surface area contributed by atoms with Gasteiger partial charge < -0.3 is 15.2 Å². The number of methoxy groups -OCH3 is 1. The molecule has 0 heterocycles. The largest absolute Gasteiger partial charge is 0.503 e. The van der Waals surface area contributed by atoms with Crippen molar-refractivity contribution in [2.45, 2.75) is 53.1 Å². The summed E-state index contributed by atoms with van der Waals surface area (Å²) in [6.07, 6.45) is 1.08. The van der Waals surface area contributed by atoms with Gasteiger partial charge in [0.05, 0.1) is 11.6 Å². The Morgan fingerprint density at radius 3 is 2.30 bits per heavy atom. The topological polar surface area (TPSA) is 41.5 Å². The van der Waals surface area contributed by atoms with Gasteiger partial charge in [-0.1, -0.05) is 20.8 Å². The monoisotopic (exact) mass is 343 g/mol. The first kappa shape index (κ1) is 17.3. The number of aromatic hydroxyl groups is 1. The van der Waals surface area contributed by atoms with Crippen molar-refractivity contribution in [2.24, 2.45) is 5.41 Å². The summed E-state index contributed by atoms with van der Waals surface area (Å²) >= 11 is 3.35. The zero-order valence-electron chi connectivity index (χ0n) is 13.3. The Morgan fingerprint density at radius 2 is 1.80 bits per heavy atom. The zero-order valence-corrected chi connectivity index (χ0v) is 14.9. The number of ether oxygens (including phenoxy) is 1. The third-order valence-corrected chi connectivity index (χ3v) is 3.66. The standard InChI is InChI=1S/C16H26BrNO2/c1-15(2,3)10-16(4,5)18-9-11-7-12(17)14(19)13(8-11)20-6/h7-8,18-19H,9-10H2,1-6H3. The minimum atomic E-state index is 0.0514. The molecule has 20 heavy (non-hydrogen) atoms. The summed E-state index contributed by atoms with van der Waals surface area (Å²) in [5.41, 5.74) is 1.41. The van der Waals surface area contributed by atoms with Crippen LogP contribution in [0.4, 0.5) is 0 Å². The normalized spacial score (nSPS) is 12.6. The van der Waals surface area contributed by atoms with E-state index in [2.05, 4.69) is 55.9 Å².